The maximum Gasteiger partial charge on any atom is 0.340 e. The first-order valence-corrected chi connectivity index (χ1v) is 12.8. The van der Waals surface area contributed by atoms with E-state index in [9.17, 15) is 23.3 Å². The van der Waals surface area contributed by atoms with Crippen LogP contribution in [-0.4, -0.2) is 63.8 Å². The fraction of sp³-hybridized carbons (Fsp3) is 0.348. The van der Waals surface area contributed by atoms with E-state index >= 15 is 0 Å². The molecule has 0 bridgehead atoms. The molecule has 0 amide bonds. The minimum absolute atomic E-state index is 0.0850. The van der Waals surface area contributed by atoms with Crippen molar-refractivity contribution in [2.24, 2.45) is 0 Å². The molecule has 35 heavy (non-hydrogen) atoms. The van der Waals surface area contributed by atoms with Crippen LogP contribution in [0.2, 0.25) is 0 Å². The first-order valence-electron chi connectivity index (χ1n) is 11.0. The van der Waals surface area contributed by atoms with Crippen LogP contribution in [0.15, 0.2) is 57.7 Å². The normalized spacial score (nSPS) is 14.7. The predicted octanol–water partition coefficient (Wildman–Crippen LogP) is 2.63. The minimum Gasteiger partial charge on any atom is -0.493 e. The summed E-state index contributed by atoms with van der Waals surface area (Å²) < 4.78 is 38.7. The zero-order valence-corrected chi connectivity index (χ0v) is 19.9. The molecule has 3 aromatic rings. The van der Waals surface area contributed by atoms with Gasteiger partial charge in [-0.2, -0.15) is 8.42 Å². The summed E-state index contributed by atoms with van der Waals surface area (Å²) in [7, 11) is -3.79. The number of fused-ring (bicyclic) bond motifs is 1. The van der Waals surface area contributed by atoms with Crippen molar-refractivity contribution in [3.63, 3.8) is 0 Å². The monoisotopic (exact) mass is 503 g/mol. The van der Waals surface area contributed by atoms with Gasteiger partial charge in [-0.25, -0.2) is 4.79 Å². The molecule has 11 nitrogen and oxygen atoms in total. The maximum absolute atomic E-state index is 11.8. The van der Waals surface area contributed by atoms with Crippen LogP contribution in [0.25, 0.3) is 11.0 Å². The van der Waals surface area contributed by atoms with E-state index in [1.54, 1.807) is 24.3 Å². The van der Waals surface area contributed by atoms with Crippen LogP contribution < -0.4 is 19.4 Å². The smallest absolute Gasteiger partial charge is 0.340 e. The van der Waals surface area contributed by atoms with Crippen molar-refractivity contribution < 1.29 is 26.7 Å². The molecule has 0 saturated carbocycles. The van der Waals surface area contributed by atoms with E-state index in [1.165, 1.54) is 18.2 Å². The van der Waals surface area contributed by atoms with Gasteiger partial charge >= 0.3 is 15.7 Å². The average molecular weight is 504 g/mol. The Balaban J connectivity index is 1.26. The number of rotatable bonds is 9. The second kappa shape index (κ2) is 10.3. The fourth-order valence-corrected chi connectivity index (χ4v) is 4.39. The number of non-ortho nitro benzene ring substituents is 1. The quantitative estimate of drug-likeness (QED) is 0.141. The van der Waals surface area contributed by atoms with Gasteiger partial charge in [0.05, 0.1) is 29.2 Å². The third kappa shape index (κ3) is 6.49. The summed E-state index contributed by atoms with van der Waals surface area (Å²) in [6, 6.07) is 12.4. The highest BCUT2D eigenvalue weighted by atomic mass is 32.2. The Morgan fingerprint density at radius 3 is 2.43 bits per heavy atom. The molecule has 4 rings (SSSR count). The molecule has 0 N–H and O–H groups in total. The minimum atomic E-state index is -3.79. The molecule has 0 unspecified atom stereocenters. The number of piperazine rings is 1. The van der Waals surface area contributed by atoms with E-state index in [-0.39, 0.29) is 17.0 Å². The van der Waals surface area contributed by atoms with Crippen LogP contribution in [0.5, 0.6) is 11.5 Å². The van der Waals surface area contributed by atoms with Gasteiger partial charge in [-0.15, -0.1) is 0 Å². The highest BCUT2D eigenvalue weighted by molar-refractivity contribution is 7.86. The number of anilines is 1. The molecule has 1 saturated heterocycles. The lowest BCUT2D eigenvalue weighted by Gasteiger charge is -2.36. The van der Waals surface area contributed by atoms with Gasteiger partial charge in [-0.3, -0.25) is 15.0 Å². The molecule has 0 radical (unpaired) electrons. The maximum atomic E-state index is 11.8. The van der Waals surface area contributed by atoms with Gasteiger partial charge in [-0.05, 0) is 30.7 Å². The summed E-state index contributed by atoms with van der Waals surface area (Å²) in [5.74, 6) is 0.415. The van der Waals surface area contributed by atoms with Crippen molar-refractivity contribution in [2.75, 3.05) is 50.5 Å². The predicted molar refractivity (Wildman–Crippen MR) is 130 cm³/mol. The molecule has 12 heteroatoms. The van der Waals surface area contributed by atoms with E-state index in [0.717, 1.165) is 57.2 Å². The Morgan fingerprint density at radius 1 is 1.06 bits per heavy atom. The second-order valence-electron chi connectivity index (χ2n) is 8.18. The van der Waals surface area contributed by atoms with Crippen LogP contribution in [0.3, 0.4) is 0 Å². The number of hydrogen-bond donors (Lipinski definition) is 0. The molecule has 1 fully saturated rings. The third-order valence-electron chi connectivity index (χ3n) is 5.60. The van der Waals surface area contributed by atoms with Crippen molar-refractivity contribution in [1.29, 1.82) is 0 Å². The van der Waals surface area contributed by atoms with Gasteiger partial charge in [0.2, 0.25) is 0 Å². The summed E-state index contributed by atoms with van der Waals surface area (Å²) in [6.45, 7) is 4.73. The lowest BCUT2D eigenvalue weighted by Crippen LogP contribution is -2.46. The Kier molecular flexibility index (Phi) is 7.22. The molecule has 0 atom stereocenters. The van der Waals surface area contributed by atoms with E-state index < -0.39 is 20.7 Å². The molecule has 1 aliphatic rings. The second-order valence-corrected chi connectivity index (χ2v) is 9.75. The Labute approximate surface area is 201 Å². The summed E-state index contributed by atoms with van der Waals surface area (Å²) in [5, 5.41) is 11.2. The van der Waals surface area contributed by atoms with Crippen LogP contribution in [0.1, 0.15) is 6.42 Å². The molecular weight excluding hydrogens is 478 g/mol. The first kappa shape index (κ1) is 24.5. The molecule has 186 valence electrons. The van der Waals surface area contributed by atoms with Crippen LogP contribution in [-0.2, 0) is 10.1 Å². The van der Waals surface area contributed by atoms with Crippen molar-refractivity contribution >= 4 is 32.5 Å². The highest BCUT2D eigenvalue weighted by Crippen LogP contribution is 2.28. The molecule has 2 heterocycles. The van der Waals surface area contributed by atoms with Gasteiger partial charge in [0, 0.05) is 56.6 Å². The Hall–Kier alpha value is -3.64. The van der Waals surface area contributed by atoms with E-state index in [0.29, 0.717) is 17.7 Å². The van der Waals surface area contributed by atoms with Crippen LogP contribution in [0, 0.1) is 10.1 Å². The average Bonchev–Trinajstić information content (AvgIpc) is 2.81. The molecular formula is C23H25N3O8S. The first-order chi connectivity index (χ1) is 16.7. The lowest BCUT2D eigenvalue weighted by atomic mass is 10.2. The molecule has 1 aromatic heterocycles. The molecule has 0 aliphatic carbocycles. The lowest BCUT2D eigenvalue weighted by molar-refractivity contribution is -0.384. The summed E-state index contributed by atoms with van der Waals surface area (Å²) in [5.41, 5.74) is 0.521. The number of ether oxygens (including phenoxy) is 1. The topological polar surface area (TPSA) is 132 Å². The standard InChI is InChI=1S/C23H25N3O8S/c1-35(30,31)34-22-16-23(27)33-21-15-19(7-8-20(21)22)32-14-2-9-24-10-12-25(13-11-24)17-3-5-18(6-4-17)26(28)29/h3-8,15-16H,2,9-14H2,1H3. The van der Waals surface area contributed by atoms with Crippen LogP contribution >= 0.6 is 0 Å². The molecule has 1 aliphatic heterocycles. The number of nitro benzene ring substituents is 1. The summed E-state index contributed by atoms with van der Waals surface area (Å²) >= 11 is 0. The van der Waals surface area contributed by atoms with Crippen molar-refractivity contribution in [3.05, 3.63) is 69.1 Å². The van der Waals surface area contributed by atoms with Gasteiger partial charge < -0.3 is 18.2 Å². The summed E-state index contributed by atoms with van der Waals surface area (Å²) in [4.78, 5) is 26.7. The SMILES string of the molecule is CS(=O)(=O)Oc1cc(=O)oc2cc(OCCCN3CCN(c4ccc([N+](=O)[O-])cc4)CC3)ccc12. The van der Waals surface area contributed by atoms with Crippen molar-refractivity contribution in [2.45, 2.75) is 6.42 Å². The van der Waals surface area contributed by atoms with Crippen molar-refractivity contribution in [1.82, 2.24) is 4.90 Å². The van der Waals surface area contributed by atoms with Gasteiger partial charge in [0.1, 0.15) is 11.3 Å². The Bertz CT molecular complexity index is 1360. The van der Waals surface area contributed by atoms with Gasteiger partial charge in [0.15, 0.2) is 5.75 Å². The van der Waals surface area contributed by atoms with E-state index in [1.807, 2.05) is 0 Å². The number of nitro groups is 1. The third-order valence-corrected chi connectivity index (χ3v) is 6.09. The molecule has 0 spiro atoms. The number of benzene rings is 2. The fourth-order valence-electron chi connectivity index (χ4n) is 3.93. The van der Waals surface area contributed by atoms with E-state index in [2.05, 4.69) is 9.80 Å². The van der Waals surface area contributed by atoms with Gasteiger partial charge in [-0.1, -0.05) is 0 Å². The number of hydrogen-bond acceptors (Lipinski definition) is 10. The number of nitrogens with zero attached hydrogens (tertiary/aromatic N) is 3. The van der Waals surface area contributed by atoms with Gasteiger partial charge in [0.25, 0.3) is 5.69 Å². The molecule has 2 aromatic carbocycles. The largest absolute Gasteiger partial charge is 0.493 e. The zero-order chi connectivity index (χ0) is 25.0. The summed E-state index contributed by atoms with van der Waals surface area (Å²) in [6.07, 6.45) is 1.69. The van der Waals surface area contributed by atoms with Crippen molar-refractivity contribution in [3.8, 4) is 11.5 Å². The zero-order valence-electron chi connectivity index (χ0n) is 19.1. The van der Waals surface area contributed by atoms with E-state index in [4.69, 9.17) is 13.3 Å². The Morgan fingerprint density at radius 2 is 1.77 bits per heavy atom. The highest BCUT2D eigenvalue weighted by Gasteiger charge is 2.18. The van der Waals surface area contributed by atoms with Crippen LogP contribution in [0.4, 0.5) is 11.4 Å².